The molecule has 0 radical (unpaired) electrons. The number of ketones is 1. The molecule has 2 unspecified atom stereocenters. The predicted molar refractivity (Wildman–Crippen MR) is 79.3 cm³/mol. The minimum Gasteiger partial charge on any atom is -0.345 e. The van der Waals surface area contributed by atoms with Crippen molar-refractivity contribution in [3.63, 3.8) is 0 Å². The van der Waals surface area contributed by atoms with E-state index in [-0.39, 0.29) is 0 Å². The molecule has 2 heteroatoms. The molecule has 1 aromatic heterocycles. The summed E-state index contributed by atoms with van der Waals surface area (Å²) >= 11 is 0. The quantitative estimate of drug-likeness (QED) is 0.803. The first-order valence-electron chi connectivity index (χ1n) is 7.54. The summed E-state index contributed by atoms with van der Waals surface area (Å²) in [5, 5.41) is 0. The van der Waals surface area contributed by atoms with Crippen molar-refractivity contribution >= 4 is 5.78 Å². The van der Waals surface area contributed by atoms with E-state index in [0.29, 0.717) is 17.7 Å². The first-order valence-corrected chi connectivity index (χ1v) is 7.54. The van der Waals surface area contributed by atoms with Gasteiger partial charge in [0.25, 0.3) is 0 Å². The normalized spacial score (nSPS) is 24.6. The Balaban J connectivity index is 1.70. The summed E-state index contributed by atoms with van der Waals surface area (Å²) in [6.07, 6.45) is 4.01. The van der Waals surface area contributed by atoms with E-state index in [2.05, 4.69) is 47.9 Å². The van der Waals surface area contributed by atoms with Crippen molar-refractivity contribution in [1.29, 1.82) is 0 Å². The molecule has 0 aliphatic heterocycles. The topological polar surface area (TPSA) is 22.0 Å². The zero-order chi connectivity index (χ0) is 13.7. The zero-order valence-electron chi connectivity index (χ0n) is 11.8. The van der Waals surface area contributed by atoms with E-state index in [0.717, 1.165) is 24.8 Å². The first-order chi connectivity index (χ1) is 9.75. The third-order valence-electron chi connectivity index (χ3n) is 4.77. The third-order valence-corrected chi connectivity index (χ3v) is 4.77. The molecular formula is C18H19NO. The Bertz CT molecular complexity index is 668. The maximum atomic E-state index is 12.0. The van der Waals surface area contributed by atoms with Gasteiger partial charge in [-0.15, -0.1) is 0 Å². The molecule has 20 heavy (non-hydrogen) atoms. The number of Topliss-reactive ketones (excluding diaryl/α,β-unsaturated/α-hetero) is 1. The van der Waals surface area contributed by atoms with Gasteiger partial charge in [0.15, 0.2) is 5.78 Å². The van der Waals surface area contributed by atoms with Crippen LogP contribution in [0.3, 0.4) is 0 Å². The summed E-state index contributed by atoms with van der Waals surface area (Å²) in [5.41, 5.74) is 4.98. The Labute approximate surface area is 119 Å². The van der Waals surface area contributed by atoms with Crippen LogP contribution in [0.25, 0.3) is 0 Å². The SMILES string of the molecule is Cc1cc2c(n1C1CC1c1ccccc1)CCCC2=O. The van der Waals surface area contributed by atoms with Crippen LogP contribution in [0.2, 0.25) is 0 Å². The number of benzene rings is 1. The Kier molecular flexibility index (Phi) is 2.59. The van der Waals surface area contributed by atoms with Gasteiger partial charge in [0.05, 0.1) is 0 Å². The average Bonchev–Trinajstić information content (AvgIpc) is 3.17. The number of fused-ring (bicyclic) bond motifs is 1. The van der Waals surface area contributed by atoms with E-state index in [9.17, 15) is 4.79 Å². The number of nitrogens with zero attached hydrogens (tertiary/aromatic N) is 1. The average molecular weight is 265 g/mol. The Morgan fingerprint density at radius 1 is 1.15 bits per heavy atom. The summed E-state index contributed by atoms with van der Waals surface area (Å²) < 4.78 is 2.45. The van der Waals surface area contributed by atoms with Crippen LogP contribution in [0.4, 0.5) is 0 Å². The summed E-state index contributed by atoms with van der Waals surface area (Å²) in [6.45, 7) is 2.14. The highest BCUT2D eigenvalue weighted by Crippen LogP contribution is 2.53. The van der Waals surface area contributed by atoms with Crippen LogP contribution in [-0.4, -0.2) is 10.4 Å². The van der Waals surface area contributed by atoms with Gasteiger partial charge >= 0.3 is 0 Å². The molecule has 1 saturated carbocycles. The molecule has 1 heterocycles. The van der Waals surface area contributed by atoms with Gasteiger partial charge in [0.2, 0.25) is 0 Å². The lowest BCUT2D eigenvalue weighted by Crippen LogP contribution is -2.13. The van der Waals surface area contributed by atoms with Crippen molar-refractivity contribution in [3.05, 3.63) is 58.9 Å². The summed E-state index contributed by atoms with van der Waals surface area (Å²) in [6, 6.07) is 13.4. The number of hydrogen-bond acceptors (Lipinski definition) is 1. The van der Waals surface area contributed by atoms with Gasteiger partial charge in [-0.1, -0.05) is 30.3 Å². The van der Waals surface area contributed by atoms with Crippen molar-refractivity contribution in [2.24, 2.45) is 0 Å². The van der Waals surface area contributed by atoms with Crippen LogP contribution in [0.1, 0.15) is 58.5 Å². The molecule has 0 bridgehead atoms. The molecule has 2 aromatic rings. The number of rotatable bonds is 2. The van der Waals surface area contributed by atoms with E-state index < -0.39 is 0 Å². The van der Waals surface area contributed by atoms with E-state index in [1.54, 1.807) is 0 Å². The molecule has 2 aliphatic rings. The predicted octanol–water partition coefficient (Wildman–Crippen LogP) is 4.04. The number of aryl methyl sites for hydroxylation is 1. The minimum atomic E-state index is 0.338. The Morgan fingerprint density at radius 2 is 1.95 bits per heavy atom. The smallest absolute Gasteiger partial charge is 0.164 e. The highest BCUT2D eigenvalue weighted by atomic mass is 16.1. The fraction of sp³-hybridized carbons (Fsp3) is 0.389. The summed E-state index contributed by atoms with van der Waals surface area (Å²) in [4.78, 5) is 12.0. The summed E-state index contributed by atoms with van der Waals surface area (Å²) in [7, 11) is 0. The highest BCUT2D eigenvalue weighted by Gasteiger charge is 2.42. The second-order valence-electron chi connectivity index (χ2n) is 6.11. The molecule has 0 amide bonds. The van der Waals surface area contributed by atoms with Crippen LogP contribution in [0.15, 0.2) is 36.4 Å². The molecule has 2 nitrogen and oxygen atoms in total. The van der Waals surface area contributed by atoms with Gasteiger partial charge in [0.1, 0.15) is 0 Å². The monoisotopic (exact) mass is 265 g/mol. The first kappa shape index (κ1) is 12.0. The minimum absolute atomic E-state index is 0.338. The van der Waals surface area contributed by atoms with Crippen molar-refractivity contribution in [2.75, 3.05) is 0 Å². The molecule has 0 saturated heterocycles. The zero-order valence-corrected chi connectivity index (χ0v) is 11.8. The van der Waals surface area contributed by atoms with E-state index in [4.69, 9.17) is 0 Å². The fourth-order valence-electron chi connectivity index (χ4n) is 3.74. The van der Waals surface area contributed by atoms with Crippen molar-refractivity contribution in [2.45, 2.75) is 44.6 Å². The number of carbonyl (C=O) groups excluding carboxylic acids is 1. The molecular weight excluding hydrogens is 246 g/mol. The van der Waals surface area contributed by atoms with Crippen LogP contribution < -0.4 is 0 Å². The molecule has 1 fully saturated rings. The van der Waals surface area contributed by atoms with Crippen LogP contribution in [0.5, 0.6) is 0 Å². The lowest BCUT2D eigenvalue weighted by molar-refractivity contribution is 0.0972. The third kappa shape index (κ3) is 1.75. The van der Waals surface area contributed by atoms with E-state index >= 15 is 0 Å². The highest BCUT2D eigenvalue weighted by molar-refractivity contribution is 5.98. The standard InChI is InChI=1S/C18H19NO/c1-12-10-15-16(8-5-9-18(15)20)19(12)17-11-14(17)13-6-3-2-4-7-13/h2-4,6-7,10,14,17H,5,8-9,11H2,1H3. The fourth-order valence-corrected chi connectivity index (χ4v) is 3.74. The maximum absolute atomic E-state index is 12.0. The van der Waals surface area contributed by atoms with Gasteiger partial charge in [-0.25, -0.2) is 0 Å². The van der Waals surface area contributed by atoms with Gasteiger partial charge < -0.3 is 4.57 Å². The second-order valence-corrected chi connectivity index (χ2v) is 6.11. The Morgan fingerprint density at radius 3 is 2.75 bits per heavy atom. The molecule has 0 N–H and O–H groups in total. The van der Waals surface area contributed by atoms with Crippen LogP contribution in [-0.2, 0) is 6.42 Å². The van der Waals surface area contributed by atoms with Crippen molar-refractivity contribution in [1.82, 2.24) is 4.57 Å². The van der Waals surface area contributed by atoms with Gasteiger partial charge in [-0.05, 0) is 37.8 Å². The molecule has 2 atom stereocenters. The van der Waals surface area contributed by atoms with Crippen molar-refractivity contribution in [3.8, 4) is 0 Å². The summed E-state index contributed by atoms with van der Waals surface area (Å²) in [5.74, 6) is 0.966. The molecule has 1 aromatic carbocycles. The second kappa shape index (κ2) is 4.34. The van der Waals surface area contributed by atoms with E-state index in [1.165, 1.54) is 23.4 Å². The molecule has 102 valence electrons. The lowest BCUT2D eigenvalue weighted by Gasteiger charge is -2.16. The van der Waals surface area contributed by atoms with Gasteiger partial charge in [0, 0.05) is 35.3 Å². The number of hydrogen-bond donors (Lipinski definition) is 0. The van der Waals surface area contributed by atoms with Gasteiger partial charge in [-0.2, -0.15) is 0 Å². The maximum Gasteiger partial charge on any atom is 0.164 e. The molecule has 0 spiro atoms. The van der Waals surface area contributed by atoms with Crippen LogP contribution in [0, 0.1) is 6.92 Å². The molecule has 2 aliphatic carbocycles. The van der Waals surface area contributed by atoms with E-state index in [1.807, 2.05) is 0 Å². The Hall–Kier alpha value is -1.83. The van der Waals surface area contributed by atoms with Gasteiger partial charge in [-0.3, -0.25) is 4.79 Å². The largest absolute Gasteiger partial charge is 0.345 e. The van der Waals surface area contributed by atoms with Crippen LogP contribution >= 0.6 is 0 Å². The number of carbonyl (C=O) groups is 1. The van der Waals surface area contributed by atoms with Crippen molar-refractivity contribution < 1.29 is 4.79 Å². The number of aromatic nitrogens is 1. The molecule has 4 rings (SSSR count). The lowest BCUT2D eigenvalue weighted by atomic mass is 9.96.